The number of fused-ring (bicyclic) bond motifs is 1. The van der Waals surface area contributed by atoms with Gasteiger partial charge in [-0.25, -0.2) is 8.42 Å². The molecule has 32 heavy (non-hydrogen) atoms. The molecule has 8 nitrogen and oxygen atoms in total. The van der Waals surface area contributed by atoms with E-state index in [2.05, 4.69) is 21.8 Å². The molecule has 1 aromatic heterocycles. The molecule has 0 aliphatic carbocycles. The molecule has 4 rings (SSSR count). The van der Waals surface area contributed by atoms with E-state index in [1.54, 1.807) is 51.7 Å². The summed E-state index contributed by atoms with van der Waals surface area (Å²) in [5.41, 5.74) is 1.28. The second-order valence-electron chi connectivity index (χ2n) is 7.66. The van der Waals surface area contributed by atoms with Gasteiger partial charge in [-0.15, -0.1) is 0 Å². The summed E-state index contributed by atoms with van der Waals surface area (Å²) in [7, 11) is 2.90. The van der Waals surface area contributed by atoms with Gasteiger partial charge in [0.25, 0.3) is 0 Å². The molecule has 0 spiro atoms. The summed E-state index contributed by atoms with van der Waals surface area (Å²) < 4.78 is 43.5. The van der Waals surface area contributed by atoms with Crippen LogP contribution >= 0.6 is 0 Å². The standard InChI is InChI=1S/C23H27N3O5S/c1-25-9-11-26(12-10-25)23-18-13-20(30-3)21(31-4)14-19(18)24-15-22(23)32(27,28)17-7-5-16(29-2)6-8-17/h5-8,13-15H,9-12H2,1-4H3. The van der Waals surface area contributed by atoms with E-state index in [4.69, 9.17) is 14.2 Å². The van der Waals surface area contributed by atoms with Crippen molar-refractivity contribution in [3.63, 3.8) is 0 Å². The molecule has 0 atom stereocenters. The number of benzene rings is 2. The van der Waals surface area contributed by atoms with Gasteiger partial charge in [-0.1, -0.05) is 0 Å². The number of hydrogen-bond donors (Lipinski definition) is 0. The smallest absolute Gasteiger partial charge is 0.210 e. The number of sulfone groups is 1. The van der Waals surface area contributed by atoms with Crippen LogP contribution in [0.2, 0.25) is 0 Å². The van der Waals surface area contributed by atoms with Crippen molar-refractivity contribution in [2.45, 2.75) is 9.79 Å². The number of rotatable bonds is 6. The highest BCUT2D eigenvalue weighted by Crippen LogP contribution is 2.40. The monoisotopic (exact) mass is 457 g/mol. The van der Waals surface area contributed by atoms with Gasteiger partial charge in [0.15, 0.2) is 11.5 Å². The summed E-state index contributed by atoms with van der Waals surface area (Å²) in [6, 6.07) is 9.98. The van der Waals surface area contributed by atoms with Crippen molar-refractivity contribution in [1.29, 1.82) is 0 Å². The molecule has 0 N–H and O–H groups in total. The Balaban J connectivity index is 1.95. The van der Waals surface area contributed by atoms with Gasteiger partial charge in [0.2, 0.25) is 9.84 Å². The molecular formula is C23H27N3O5S. The number of aromatic nitrogens is 1. The number of ether oxygens (including phenoxy) is 3. The molecule has 1 fully saturated rings. The van der Waals surface area contributed by atoms with Crippen molar-refractivity contribution >= 4 is 26.4 Å². The molecule has 0 bridgehead atoms. The third-order valence-electron chi connectivity index (χ3n) is 5.79. The molecule has 3 aromatic rings. The molecule has 170 valence electrons. The van der Waals surface area contributed by atoms with E-state index in [9.17, 15) is 8.42 Å². The second-order valence-corrected chi connectivity index (χ2v) is 9.58. The van der Waals surface area contributed by atoms with Crippen molar-refractivity contribution in [2.24, 2.45) is 0 Å². The molecule has 9 heteroatoms. The fourth-order valence-corrected chi connectivity index (χ4v) is 5.35. The van der Waals surface area contributed by atoms with Crippen molar-refractivity contribution < 1.29 is 22.6 Å². The number of anilines is 1. The highest BCUT2D eigenvalue weighted by Gasteiger charge is 2.29. The Bertz CT molecular complexity index is 1220. The van der Waals surface area contributed by atoms with Crippen molar-refractivity contribution in [3.8, 4) is 17.2 Å². The fourth-order valence-electron chi connectivity index (χ4n) is 3.92. The number of likely N-dealkylation sites (N-methyl/N-ethyl adjacent to an activating group) is 1. The largest absolute Gasteiger partial charge is 0.497 e. The van der Waals surface area contributed by atoms with Crippen LogP contribution in [0.15, 0.2) is 52.4 Å². The average Bonchev–Trinajstić information content (AvgIpc) is 2.82. The predicted octanol–water partition coefficient (Wildman–Crippen LogP) is 2.85. The highest BCUT2D eigenvalue weighted by atomic mass is 32.2. The van der Waals surface area contributed by atoms with Crippen LogP contribution in [0.4, 0.5) is 5.69 Å². The van der Waals surface area contributed by atoms with E-state index in [0.29, 0.717) is 46.9 Å². The first-order chi connectivity index (χ1) is 15.4. The minimum absolute atomic E-state index is 0.173. The topological polar surface area (TPSA) is 81.2 Å². The molecule has 2 aromatic carbocycles. The van der Waals surface area contributed by atoms with Crippen molar-refractivity contribution in [1.82, 2.24) is 9.88 Å². The highest BCUT2D eigenvalue weighted by molar-refractivity contribution is 7.91. The molecule has 1 aliphatic rings. The van der Waals surface area contributed by atoms with Gasteiger partial charge in [0.1, 0.15) is 10.6 Å². The SMILES string of the molecule is COc1ccc(S(=O)(=O)c2cnc3cc(OC)c(OC)cc3c2N2CCN(C)CC2)cc1. The summed E-state index contributed by atoms with van der Waals surface area (Å²) in [5, 5.41) is 0.710. The van der Waals surface area contributed by atoms with E-state index < -0.39 is 9.84 Å². The fraction of sp³-hybridized carbons (Fsp3) is 0.348. The Kier molecular flexibility index (Phi) is 6.12. The molecule has 0 amide bonds. The zero-order valence-electron chi connectivity index (χ0n) is 18.7. The first kappa shape index (κ1) is 22.2. The first-order valence-corrected chi connectivity index (χ1v) is 11.7. The van der Waals surface area contributed by atoms with Crippen LogP contribution in [-0.2, 0) is 9.84 Å². The number of methoxy groups -OCH3 is 3. The Morgan fingerprint density at radius 3 is 2.09 bits per heavy atom. The maximum Gasteiger partial charge on any atom is 0.210 e. The van der Waals surface area contributed by atoms with Crippen LogP contribution in [0.25, 0.3) is 10.9 Å². The van der Waals surface area contributed by atoms with E-state index in [-0.39, 0.29) is 9.79 Å². The van der Waals surface area contributed by atoms with Gasteiger partial charge in [-0.3, -0.25) is 4.98 Å². The van der Waals surface area contributed by atoms with E-state index in [1.807, 2.05) is 6.07 Å². The normalized spacial score (nSPS) is 15.1. The number of pyridine rings is 1. The average molecular weight is 458 g/mol. The van der Waals surface area contributed by atoms with Crippen molar-refractivity contribution in [2.75, 3.05) is 59.5 Å². The Morgan fingerprint density at radius 2 is 1.50 bits per heavy atom. The van der Waals surface area contributed by atoms with Gasteiger partial charge in [-0.2, -0.15) is 0 Å². The maximum absolute atomic E-state index is 13.7. The molecule has 0 saturated carbocycles. The lowest BCUT2D eigenvalue weighted by Gasteiger charge is -2.35. The summed E-state index contributed by atoms with van der Waals surface area (Å²) in [6.07, 6.45) is 1.45. The van der Waals surface area contributed by atoms with Crippen LogP contribution in [0.5, 0.6) is 17.2 Å². The lowest BCUT2D eigenvalue weighted by molar-refractivity contribution is 0.312. The Morgan fingerprint density at radius 1 is 0.875 bits per heavy atom. The zero-order chi connectivity index (χ0) is 22.9. The molecule has 0 unspecified atom stereocenters. The molecule has 2 heterocycles. The van der Waals surface area contributed by atoms with Gasteiger partial charge in [0.05, 0.1) is 37.4 Å². The van der Waals surface area contributed by atoms with Crippen LogP contribution in [-0.4, -0.2) is 72.9 Å². The summed E-state index contributed by atoms with van der Waals surface area (Å²) >= 11 is 0. The van der Waals surface area contributed by atoms with Crippen LogP contribution < -0.4 is 19.1 Å². The van der Waals surface area contributed by atoms with Gasteiger partial charge < -0.3 is 24.0 Å². The first-order valence-electron chi connectivity index (χ1n) is 10.3. The second kappa shape index (κ2) is 8.84. The predicted molar refractivity (Wildman–Crippen MR) is 123 cm³/mol. The third-order valence-corrected chi connectivity index (χ3v) is 7.56. The minimum Gasteiger partial charge on any atom is -0.497 e. The lowest BCUT2D eigenvalue weighted by atomic mass is 10.1. The van der Waals surface area contributed by atoms with Gasteiger partial charge in [-0.05, 0) is 37.4 Å². The van der Waals surface area contributed by atoms with Gasteiger partial charge in [0, 0.05) is 43.8 Å². The lowest BCUT2D eigenvalue weighted by Crippen LogP contribution is -2.45. The minimum atomic E-state index is -3.83. The molecular weight excluding hydrogens is 430 g/mol. The van der Waals surface area contributed by atoms with Crippen LogP contribution in [0.1, 0.15) is 0 Å². The molecule has 0 radical (unpaired) electrons. The number of nitrogens with zero attached hydrogens (tertiary/aromatic N) is 3. The Hall–Kier alpha value is -3.04. The quantitative estimate of drug-likeness (QED) is 0.559. The van der Waals surface area contributed by atoms with Gasteiger partial charge >= 0.3 is 0 Å². The van der Waals surface area contributed by atoms with E-state index in [1.165, 1.54) is 6.20 Å². The van der Waals surface area contributed by atoms with Crippen molar-refractivity contribution in [3.05, 3.63) is 42.6 Å². The Labute approximate surface area is 188 Å². The summed E-state index contributed by atoms with van der Waals surface area (Å²) in [6.45, 7) is 3.07. The van der Waals surface area contributed by atoms with Crippen LogP contribution in [0.3, 0.4) is 0 Å². The molecule has 1 aliphatic heterocycles. The third kappa shape index (κ3) is 3.93. The van der Waals surface area contributed by atoms with E-state index >= 15 is 0 Å². The number of piperazine rings is 1. The van der Waals surface area contributed by atoms with Crippen LogP contribution in [0, 0.1) is 0 Å². The summed E-state index contributed by atoms with van der Waals surface area (Å²) in [4.78, 5) is 9.19. The zero-order valence-corrected chi connectivity index (χ0v) is 19.5. The molecule has 1 saturated heterocycles. The maximum atomic E-state index is 13.7. The van der Waals surface area contributed by atoms with E-state index in [0.717, 1.165) is 13.1 Å². The number of hydrogen-bond acceptors (Lipinski definition) is 8. The summed E-state index contributed by atoms with van der Waals surface area (Å²) in [5.74, 6) is 1.66.